The molecule has 0 bridgehead atoms. The third-order valence-corrected chi connectivity index (χ3v) is 2.99. The summed E-state index contributed by atoms with van der Waals surface area (Å²) in [5.74, 6) is 0.530. The summed E-state index contributed by atoms with van der Waals surface area (Å²) < 4.78 is 5.24. The maximum Gasteiger partial charge on any atom is 0.338 e. The molecule has 1 aromatic heterocycles. The monoisotopic (exact) mass is 283 g/mol. The predicted molar refractivity (Wildman–Crippen MR) is 77.7 cm³/mol. The van der Waals surface area contributed by atoms with Gasteiger partial charge in [-0.3, -0.25) is 0 Å². The highest BCUT2D eigenvalue weighted by atomic mass is 35.5. The number of carbonyl (C=O) groups excluding carboxylic acids is 1. The summed E-state index contributed by atoms with van der Waals surface area (Å²) in [5, 5.41) is 0.334. The first-order valence-electron chi connectivity index (χ1n) is 6.74. The molecule has 19 heavy (non-hydrogen) atoms. The van der Waals surface area contributed by atoms with E-state index >= 15 is 0 Å². The fourth-order valence-corrected chi connectivity index (χ4v) is 1.89. The number of hydrogen-bond acceptors (Lipinski definition) is 3. The van der Waals surface area contributed by atoms with Crippen LogP contribution in [0.15, 0.2) is 12.1 Å². The number of carbonyl (C=O) groups is 1. The molecule has 0 atom stereocenters. The lowest BCUT2D eigenvalue weighted by atomic mass is 10.1. The second-order valence-corrected chi connectivity index (χ2v) is 5.82. The van der Waals surface area contributed by atoms with Crippen molar-refractivity contribution in [3.05, 3.63) is 28.5 Å². The Hall–Kier alpha value is -1.09. The van der Waals surface area contributed by atoms with Gasteiger partial charge in [0, 0.05) is 5.69 Å². The first-order chi connectivity index (χ1) is 8.90. The summed E-state index contributed by atoms with van der Waals surface area (Å²) in [6.07, 6.45) is 1.95. The fraction of sp³-hybridized carbons (Fsp3) is 0.600. The third kappa shape index (κ3) is 5.60. The molecule has 0 aromatic carbocycles. The molecule has 3 nitrogen and oxygen atoms in total. The van der Waals surface area contributed by atoms with Crippen molar-refractivity contribution in [1.29, 1.82) is 0 Å². The van der Waals surface area contributed by atoms with Crippen molar-refractivity contribution in [2.45, 2.75) is 46.5 Å². The van der Waals surface area contributed by atoms with Gasteiger partial charge in [-0.2, -0.15) is 0 Å². The van der Waals surface area contributed by atoms with Crippen LogP contribution in [0.4, 0.5) is 0 Å². The van der Waals surface area contributed by atoms with E-state index in [1.165, 1.54) is 0 Å². The summed E-state index contributed by atoms with van der Waals surface area (Å²) in [6.45, 7) is 8.78. The Labute approximate surface area is 120 Å². The van der Waals surface area contributed by atoms with Crippen LogP contribution >= 0.6 is 11.6 Å². The molecule has 0 fully saturated rings. The molecule has 1 aromatic rings. The van der Waals surface area contributed by atoms with Crippen LogP contribution < -0.4 is 0 Å². The minimum atomic E-state index is -0.324. The minimum Gasteiger partial charge on any atom is -0.462 e. The number of halogens is 1. The van der Waals surface area contributed by atoms with Crippen LogP contribution in [0.3, 0.4) is 0 Å². The highest BCUT2D eigenvalue weighted by Gasteiger charge is 2.12. The maximum atomic E-state index is 11.9. The van der Waals surface area contributed by atoms with Crippen LogP contribution in [0.5, 0.6) is 0 Å². The van der Waals surface area contributed by atoms with Crippen LogP contribution in [0, 0.1) is 5.92 Å². The topological polar surface area (TPSA) is 39.2 Å². The Morgan fingerprint density at radius 2 is 2.00 bits per heavy atom. The van der Waals surface area contributed by atoms with Crippen LogP contribution in [0.1, 0.15) is 62.5 Å². The van der Waals surface area contributed by atoms with Crippen molar-refractivity contribution in [3.63, 3.8) is 0 Å². The third-order valence-electron chi connectivity index (χ3n) is 2.80. The second kappa shape index (κ2) is 7.49. The highest BCUT2D eigenvalue weighted by Crippen LogP contribution is 2.18. The summed E-state index contributed by atoms with van der Waals surface area (Å²) >= 11 is 5.92. The summed E-state index contributed by atoms with van der Waals surface area (Å²) in [5.41, 5.74) is 1.29. The molecule has 1 rings (SSSR count). The number of aromatic nitrogens is 1. The maximum absolute atomic E-state index is 11.9. The van der Waals surface area contributed by atoms with Crippen molar-refractivity contribution in [2.24, 2.45) is 5.92 Å². The first-order valence-corrected chi connectivity index (χ1v) is 7.12. The first kappa shape index (κ1) is 16.0. The lowest BCUT2D eigenvalue weighted by molar-refractivity contribution is 0.0494. The number of nitrogens with zero attached hydrogens (tertiary/aromatic N) is 1. The van der Waals surface area contributed by atoms with E-state index in [0.717, 1.165) is 18.5 Å². The van der Waals surface area contributed by atoms with Gasteiger partial charge in [-0.15, -0.1) is 0 Å². The van der Waals surface area contributed by atoms with Crippen molar-refractivity contribution in [1.82, 2.24) is 4.98 Å². The summed E-state index contributed by atoms with van der Waals surface area (Å²) in [4.78, 5) is 16.1. The molecule has 0 saturated carbocycles. The van der Waals surface area contributed by atoms with Crippen molar-refractivity contribution >= 4 is 17.6 Å². The molecule has 0 radical (unpaired) electrons. The van der Waals surface area contributed by atoms with E-state index in [-0.39, 0.29) is 11.9 Å². The molecule has 0 aliphatic heterocycles. The Morgan fingerprint density at radius 3 is 2.58 bits per heavy atom. The van der Waals surface area contributed by atoms with Gasteiger partial charge in [0.15, 0.2) is 0 Å². The van der Waals surface area contributed by atoms with Gasteiger partial charge in [-0.1, -0.05) is 39.3 Å². The van der Waals surface area contributed by atoms with Gasteiger partial charge >= 0.3 is 5.97 Å². The van der Waals surface area contributed by atoms with E-state index in [4.69, 9.17) is 16.3 Å². The zero-order valence-electron chi connectivity index (χ0n) is 12.1. The van der Waals surface area contributed by atoms with Gasteiger partial charge in [0.25, 0.3) is 0 Å². The van der Waals surface area contributed by atoms with E-state index in [0.29, 0.717) is 23.2 Å². The Bertz CT molecular complexity index is 430. The highest BCUT2D eigenvalue weighted by molar-refractivity contribution is 6.29. The number of pyridine rings is 1. The van der Waals surface area contributed by atoms with E-state index in [1.54, 1.807) is 12.1 Å². The average Bonchev–Trinajstić information content (AvgIpc) is 2.33. The van der Waals surface area contributed by atoms with Gasteiger partial charge in [0.1, 0.15) is 5.15 Å². The van der Waals surface area contributed by atoms with Gasteiger partial charge < -0.3 is 4.74 Å². The number of esters is 1. The Morgan fingerprint density at radius 1 is 1.32 bits per heavy atom. The SMILES string of the molecule is CC(C)CCCOC(=O)c1cc(Cl)nc(C(C)C)c1. The van der Waals surface area contributed by atoms with Crippen LogP contribution in [0.25, 0.3) is 0 Å². The van der Waals surface area contributed by atoms with Gasteiger partial charge in [-0.25, -0.2) is 9.78 Å². The van der Waals surface area contributed by atoms with Crippen LogP contribution in [-0.4, -0.2) is 17.6 Å². The van der Waals surface area contributed by atoms with E-state index in [1.807, 2.05) is 13.8 Å². The molecule has 0 amide bonds. The molecular weight excluding hydrogens is 262 g/mol. The number of hydrogen-bond donors (Lipinski definition) is 0. The minimum absolute atomic E-state index is 0.228. The lowest BCUT2D eigenvalue weighted by Gasteiger charge is -2.09. The zero-order valence-corrected chi connectivity index (χ0v) is 12.8. The molecule has 0 N–H and O–H groups in total. The second-order valence-electron chi connectivity index (χ2n) is 5.43. The molecule has 0 unspecified atom stereocenters. The Kier molecular flexibility index (Phi) is 6.29. The summed E-state index contributed by atoms with van der Waals surface area (Å²) in [6, 6.07) is 3.31. The number of ether oxygens (including phenoxy) is 1. The molecule has 0 saturated heterocycles. The quantitative estimate of drug-likeness (QED) is 0.440. The normalized spacial score (nSPS) is 11.1. The predicted octanol–water partition coefficient (Wildman–Crippen LogP) is 4.45. The van der Waals surface area contributed by atoms with E-state index < -0.39 is 0 Å². The van der Waals surface area contributed by atoms with Gasteiger partial charge in [-0.05, 0) is 36.8 Å². The molecule has 4 heteroatoms. The smallest absolute Gasteiger partial charge is 0.338 e. The molecule has 0 aliphatic carbocycles. The molecule has 106 valence electrons. The van der Waals surface area contributed by atoms with Gasteiger partial charge in [0.2, 0.25) is 0 Å². The van der Waals surface area contributed by atoms with Crippen molar-refractivity contribution in [2.75, 3.05) is 6.61 Å². The van der Waals surface area contributed by atoms with E-state index in [9.17, 15) is 4.79 Å². The van der Waals surface area contributed by atoms with Crippen LogP contribution in [-0.2, 0) is 4.74 Å². The molecule has 0 spiro atoms. The average molecular weight is 284 g/mol. The summed E-state index contributed by atoms with van der Waals surface area (Å²) in [7, 11) is 0. The number of rotatable bonds is 6. The van der Waals surface area contributed by atoms with Crippen LogP contribution in [0.2, 0.25) is 5.15 Å². The van der Waals surface area contributed by atoms with Crippen molar-refractivity contribution < 1.29 is 9.53 Å². The zero-order chi connectivity index (χ0) is 14.4. The standard InChI is InChI=1S/C15H22ClNO2/c1-10(2)6-5-7-19-15(18)12-8-13(11(3)4)17-14(16)9-12/h8-11H,5-7H2,1-4H3. The lowest BCUT2D eigenvalue weighted by Crippen LogP contribution is -2.08. The molecule has 1 heterocycles. The van der Waals surface area contributed by atoms with E-state index in [2.05, 4.69) is 18.8 Å². The Balaban J connectivity index is 2.61. The van der Waals surface area contributed by atoms with Crippen molar-refractivity contribution in [3.8, 4) is 0 Å². The largest absolute Gasteiger partial charge is 0.462 e. The fourth-order valence-electron chi connectivity index (χ4n) is 1.67. The molecule has 0 aliphatic rings. The van der Waals surface area contributed by atoms with Gasteiger partial charge in [0.05, 0.1) is 12.2 Å². The molecular formula is C15H22ClNO2.